The predicted molar refractivity (Wildman–Crippen MR) is 104 cm³/mol. The fraction of sp³-hybridized carbons (Fsp3) is 0.167. The van der Waals surface area contributed by atoms with E-state index < -0.39 is 5.82 Å². The van der Waals surface area contributed by atoms with Gasteiger partial charge in [0, 0.05) is 6.07 Å². The first-order valence-corrected chi connectivity index (χ1v) is 9.30. The van der Waals surface area contributed by atoms with Gasteiger partial charge in [-0.3, -0.25) is 4.79 Å². The molecule has 2 aromatic carbocycles. The molecule has 1 amide bonds. The van der Waals surface area contributed by atoms with Crippen LogP contribution in [0.3, 0.4) is 0 Å². The van der Waals surface area contributed by atoms with Crippen LogP contribution in [0.25, 0.3) is 11.5 Å². The molecule has 146 valence electrons. The average molecular weight is 424 g/mol. The van der Waals surface area contributed by atoms with Crippen LogP contribution >= 0.6 is 23.4 Å². The second-order valence-corrected chi connectivity index (χ2v) is 6.71. The molecule has 0 aliphatic heterocycles. The zero-order valence-corrected chi connectivity index (χ0v) is 16.4. The number of hydrogen-bond acceptors (Lipinski definition) is 7. The number of hydrogen-bond donors (Lipinski definition) is 1. The lowest BCUT2D eigenvalue weighted by Crippen LogP contribution is -2.14. The fourth-order valence-corrected chi connectivity index (χ4v) is 3.09. The number of halogens is 2. The number of nitrogens with zero attached hydrogens (tertiary/aromatic N) is 2. The SMILES string of the molecule is COc1cc(OC)c(NC(=O)CSc2nnc(-c3ccccc3F)o2)cc1Cl. The Morgan fingerprint density at radius 2 is 1.96 bits per heavy atom. The van der Waals surface area contributed by atoms with E-state index in [0.717, 1.165) is 11.8 Å². The number of nitrogens with one attached hydrogen (secondary N) is 1. The highest BCUT2D eigenvalue weighted by atomic mass is 35.5. The van der Waals surface area contributed by atoms with Crippen LogP contribution in [0.1, 0.15) is 0 Å². The molecule has 1 N–H and O–H groups in total. The monoisotopic (exact) mass is 423 g/mol. The molecule has 3 aromatic rings. The van der Waals surface area contributed by atoms with Crippen molar-refractivity contribution < 1.29 is 23.1 Å². The Morgan fingerprint density at radius 1 is 1.21 bits per heavy atom. The Morgan fingerprint density at radius 3 is 2.68 bits per heavy atom. The summed E-state index contributed by atoms with van der Waals surface area (Å²) >= 11 is 7.11. The molecule has 10 heteroatoms. The highest BCUT2D eigenvalue weighted by molar-refractivity contribution is 7.99. The van der Waals surface area contributed by atoms with Crippen LogP contribution in [0, 0.1) is 5.82 Å². The third-order valence-corrected chi connectivity index (χ3v) is 4.70. The van der Waals surface area contributed by atoms with E-state index in [4.69, 9.17) is 25.5 Å². The number of ether oxygens (including phenoxy) is 2. The van der Waals surface area contributed by atoms with Gasteiger partial charge in [-0.1, -0.05) is 35.5 Å². The second kappa shape index (κ2) is 8.94. The Balaban J connectivity index is 1.64. The van der Waals surface area contributed by atoms with Crippen molar-refractivity contribution in [3.05, 3.63) is 47.2 Å². The number of anilines is 1. The zero-order chi connectivity index (χ0) is 20.1. The summed E-state index contributed by atoms with van der Waals surface area (Å²) in [5.74, 6) is 0.0616. The van der Waals surface area contributed by atoms with Crippen molar-refractivity contribution in [2.45, 2.75) is 5.22 Å². The lowest BCUT2D eigenvalue weighted by atomic mass is 10.2. The summed E-state index contributed by atoms with van der Waals surface area (Å²) in [5.41, 5.74) is 0.598. The fourth-order valence-electron chi connectivity index (χ4n) is 2.28. The summed E-state index contributed by atoms with van der Waals surface area (Å²) < 4.78 is 29.5. The van der Waals surface area contributed by atoms with Crippen molar-refractivity contribution >= 4 is 35.0 Å². The van der Waals surface area contributed by atoms with Crippen LogP contribution in [0.4, 0.5) is 10.1 Å². The van der Waals surface area contributed by atoms with Crippen LogP contribution in [-0.4, -0.2) is 36.1 Å². The van der Waals surface area contributed by atoms with Crippen molar-refractivity contribution in [1.29, 1.82) is 0 Å². The van der Waals surface area contributed by atoms with Gasteiger partial charge in [0.25, 0.3) is 11.1 Å². The van der Waals surface area contributed by atoms with E-state index in [1.165, 1.54) is 32.4 Å². The minimum absolute atomic E-state index is 0.00823. The van der Waals surface area contributed by atoms with Crippen molar-refractivity contribution in [3.63, 3.8) is 0 Å². The number of carbonyl (C=O) groups is 1. The highest BCUT2D eigenvalue weighted by Gasteiger charge is 2.16. The van der Waals surface area contributed by atoms with Crippen LogP contribution in [0.2, 0.25) is 5.02 Å². The van der Waals surface area contributed by atoms with Gasteiger partial charge in [0.2, 0.25) is 5.91 Å². The summed E-state index contributed by atoms with van der Waals surface area (Å²) in [6.45, 7) is 0. The molecule has 0 aliphatic rings. The maximum absolute atomic E-state index is 13.8. The van der Waals surface area contributed by atoms with Crippen LogP contribution in [-0.2, 0) is 4.79 Å². The maximum atomic E-state index is 13.8. The quantitative estimate of drug-likeness (QED) is 0.567. The first kappa shape index (κ1) is 20.0. The standard InChI is InChI=1S/C18H15ClFN3O4S/c1-25-14-8-15(26-2)13(7-11(14)19)21-16(24)9-28-18-23-22-17(27-18)10-5-3-4-6-12(10)20/h3-8H,9H2,1-2H3,(H,21,24). The third-order valence-electron chi connectivity index (χ3n) is 3.59. The van der Waals surface area contributed by atoms with E-state index >= 15 is 0 Å². The highest BCUT2D eigenvalue weighted by Crippen LogP contribution is 2.36. The topological polar surface area (TPSA) is 86.5 Å². The van der Waals surface area contributed by atoms with Crippen molar-refractivity contribution in [2.75, 3.05) is 25.3 Å². The van der Waals surface area contributed by atoms with Gasteiger partial charge in [-0.2, -0.15) is 0 Å². The average Bonchev–Trinajstić information content (AvgIpc) is 3.16. The van der Waals surface area contributed by atoms with Crippen molar-refractivity contribution in [1.82, 2.24) is 10.2 Å². The molecule has 0 radical (unpaired) electrons. The third kappa shape index (κ3) is 4.55. The molecule has 3 rings (SSSR count). The molecule has 0 atom stereocenters. The van der Waals surface area contributed by atoms with E-state index in [1.54, 1.807) is 18.2 Å². The summed E-state index contributed by atoms with van der Waals surface area (Å²) in [7, 11) is 2.95. The lowest BCUT2D eigenvalue weighted by molar-refractivity contribution is -0.113. The number of amides is 1. The summed E-state index contributed by atoms with van der Waals surface area (Å²) in [6, 6.07) is 9.16. The summed E-state index contributed by atoms with van der Waals surface area (Å²) in [6.07, 6.45) is 0. The first-order chi connectivity index (χ1) is 13.5. The smallest absolute Gasteiger partial charge is 0.277 e. The van der Waals surface area contributed by atoms with Gasteiger partial charge in [0.15, 0.2) is 0 Å². The molecule has 7 nitrogen and oxygen atoms in total. The number of carbonyl (C=O) groups excluding carboxylic acids is 1. The first-order valence-electron chi connectivity index (χ1n) is 7.94. The van der Waals surface area contributed by atoms with E-state index in [1.807, 2.05) is 0 Å². The molecule has 0 fully saturated rings. The maximum Gasteiger partial charge on any atom is 0.277 e. The molecule has 0 aliphatic carbocycles. The molecule has 1 aromatic heterocycles. The van der Waals surface area contributed by atoms with Crippen molar-refractivity contribution in [3.8, 4) is 23.0 Å². The number of thioether (sulfide) groups is 1. The number of benzene rings is 2. The van der Waals surface area contributed by atoms with Gasteiger partial charge in [0.1, 0.15) is 17.3 Å². The van der Waals surface area contributed by atoms with Crippen LogP contribution in [0.15, 0.2) is 46.0 Å². The molecule has 0 unspecified atom stereocenters. The van der Waals surface area contributed by atoms with Gasteiger partial charge in [0.05, 0.1) is 36.2 Å². The van der Waals surface area contributed by atoms with Crippen LogP contribution in [0.5, 0.6) is 11.5 Å². The van der Waals surface area contributed by atoms with E-state index in [-0.39, 0.29) is 28.3 Å². The molecule has 28 heavy (non-hydrogen) atoms. The van der Waals surface area contributed by atoms with E-state index in [0.29, 0.717) is 22.2 Å². The van der Waals surface area contributed by atoms with Gasteiger partial charge in [-0.05, 0) is 18.2 Å². The molecular weight excluding hydrogens is 409 g/mol. The second-order valence-electron chi connectivity index (χ2n) is 5.38. The molecular formula is C18H15ClFN3O4S. The molecule has 1 heterocycles. The molecule has 0 bridgehead atoms. The normalized spacial score (nSPS) is 10.6. The van der Waals surface area contributed by atoms with Gasteiger partial charge >= 0.3 is 0 Å². The summed E-state index contributed by atoms with van der Waals surface area (Å²) in [4.78, 5) is 12.2. The number of aromatic nitrogens is 2. The lowest BCUT2D eigenvalue weighted by Gasteiger charge is -2.12. The summed E-state index contributed by atoms with van der Waals surface area (Å²) in [5, 5.41) is 10.8. The predicted octanol–water partition coefficient (Wildman–Crippen LogP) is 4.28. The number of rotatable bonds is 7. The molecule has 0 saturated carbocycles. The Kier molecular flexibility index (Phi) is 6.37. The van der Waals surface area contributed by atoms with E-state index in [9.17, 15) is 9.18 Å². The van der Waals surface area contributed by atoms with Crippen LogP contribution < -0.4 is 14.8 Å². The largest absolute Gasteiger partial charge is 0.495 e. The zero-order valence-electron chi connectivity index (χ0n) is 14.9. The van der Waals surface area contributed by atoms with Crippen molar-refractivity contribution in [2.24, 2.45) is 0 Å². The molecule has 0 saturated heterocycles. The van der Waals surface area contributed by atoms with Gasteiger partial charge in [-0.25, -0.2) is 4.39 Å². The Bertz CT molecular complexity index is 999. The van der Waals surface area contributed by atoms with Gasteiger partial charge in [-0.15, -0.1) is 10.2 Å². The molecule has 0 spiro atoms. The van der Waals surface area contributed by atoms with E-state index in [2.05, 4.69) is 15.5 Å². The Hall–Kier alpha value is -2.78. The minimum atomic E-state index is -0.469. The minimum Gasteiger partial charge on any atom is -0.495 e. The number of methoxy groups -OCH3 is 2. The Labute approximate surface area is 169 Å². The van der Waals surface area contributed by atoms with Gasteiger partial charge < -0.3 is 19.2 Å².